The summed E-state index contributed by atoms with van der Waals surface area (Å²) in [5.74, 6) is 3.91. The van der Waals surface area contributed by atoms with Crippen molar-refractivity contribution >= 4 is 5.78 Å². The van der Waals surface area contributed by atoms with Crippen LogP contribution >= 0.6 is 0 Å². The summed E-state index contributed by atoms with van der Waals surface area (Å²) >= 11 is 0. The van der Waals surface area contributed by atoms with Gasteiger partial charge in [-0.2, -0.15) is 0 Å². The number of hydrogen-bond donors (Lipinski definition) is 1. The van der Waals surface area contributed by atoms with Crippen LogP contribution in [0.25, 0.3) is 0 Å². The predicted molar refractivity (Wildman–Crippen MR) is 121 cm³/mol. The first-order valence-corrected chi connectivity index (χ1v) is 12.7. The van der Waals surface area contributed by atoms with Crippen LogP contribution in [0.15, 0.2) is 11.6 Å². The van der Waals surface area contributed by atoms with Gasteiger partial charge in [-0.15, -0.1) is 0 Å². The lowest BCUT2D eigenvalue weighted by molar-refractivity contribution is -0.301. The zero-order chi connectivity index (χ0) is 21.7. The van der Waals surface area contributed by atoms with Crippen molar-refractivity contribution in [3.8, 4) is 0 Å². The second-order valence-corrected chi connectivity index (χ2v) is 12.2. The Kier molecular flexibility index (Phi) is 6.03. The van der Waals surface area contributed by atoms with Gasteiger partial charge in [-0.3, -0.25) is 10.1 Å². The first-order chi connectivity index (χ1) is 14.1. The molecule has 3 heteroatoms. The third-order valence-corrected chi connectivity index (χ3v) is 10.5. The molecule has 0 bridgehead atoms. The Labute approximate surface area is 184 Å². The second-order valence-electron chi connectivity index (χ2n) is 12.2. The molecule has 3 fully saturated rings. The van der Waals surface area contributed by atoms with E-state index >= 15 is 0 Å². The van der Waals surface area contributed by atoms with Gasteiger partial charge < -0.3 is 0 Å². The maximum Gasteiger partial charge on any atom is 0.167 e. The molecule has 0 unspecified atom stereocenters. The maximum absolute atomic E-state index is 12.4. The molecule has 7 atom stereocenters. The van der Waals surface area contributed by atoms with E-state index in [0.717, 1.165) is 30.1 Å². The number of carbonyl (C=O) groups excluding carboxylic acids is 1. The Morgan fingerprint density at radius 1 is 1.20 bits per heavy atom. The van der Waals surface area contributed by atoms with Crippen molar-refractivity contribution in [2.24, 2.45) is 40.4 Å². The van der Waals surface area contributed by atoms with E-state index in [0.29, 0.717) is 23.2 Å². The van der Waals surface area contributed by atoms with Crippen LogP contribution in [-0.2, 0) is 9.68 Å². The van der Waals surface area contributed by atoms with E-state index in [1.54, 1.807) is 19.4 Å². The maximum atomic E-state index is 12.4. The molecule has 0 aliphatic heterocycles. The smallest absolute Gasteiger partial charge is 0.167 e. The number of carbonyl (C=O) groups is 1. The molecule has 0 radical (unpaired) electrons. The van der Waals surface area contributed by atoms with Gasteiger partial charge in [-0.25, -0.2) is 4.89 Å². The Bertz CT molecular complexity index is 694. The number of ketones is 1. The summed E-state index contributed by atoms with van der Waals surface area (Å²) in [6.07, 6.45) is 16.5. The van der Waals surface area contributed by atoms with E-state index in [9.17, 15) is 4.79 Å². The van der Waals surface area contributed by atoms with Crippen LogP contribution in [0.4, 0.5) is 0 Å². The molecule has 3 saturated carbocycles. The van der Waals surface area contributed by atoms with Gasteiger partial charge in [0.15, 0.2) is 11.4 Å². The fraction of sp³-hybridized carbons (Fsp3) is 0.889. The van der Waals surface area contributed by atoms with Crippen LogP contribution in [0.5, 0.6) is 0 Å². The van der Waals surface area contributed by atoms with Gasteiger partial charge in [-0.05, 0) is 112 Å². The predicted octanol–water partition coefficient (Wildman–Crippen LogP) is 7.21. The molecule has 1 N–H and O–H groups in total. The molecule has 0 spiro atoms. The fourth-order valence-corrected chi connectivity index (χ4v) is 8.59. The molecule has 30 heavy (non-hydrogen) atoms. The molecule has 4 rings (SSSR count). The highest BCUT2D eigenvalue weighted by Crippen LogP contribution is 2.67. The first kappa shape index (κ1) is 22.5. The van der Waals surface area contributed by atoms with Crippen molar-refractivity contribution < 1.29 is 14.9 Å². The lowest BCUT2D eigenvalue weighted by Crippen LogP contribution is -2.50. The van der Waals surface area contributed by atoms with E-state index in [1.165, 1.54) is 57.8 Å². The molecule has 0 aromatic carbocycles. The highest BCUT2D eigenvalue weighted by Gasteiger charge is 2.58. The lowest BCUT2D eigenvalue weighted by atomic mass is 9.47. The van der Waals surface area contributed by atoms with Gasteiger partial charge in [0, 0.05) is 6.42 Å². The number of hydrogen-bond acceptors (Lipinski definition) is 3. The summed E-state index contributed by atoms with van der Waals surface area (Å²) in [4.78, 5) is 16.9. The fourth-order valence-electron chi connectivity index (χ4n) is 8.59. The molecule has 170 valence electrons. The van der Waals surface area contributed by atoms with Crippen molar-refractivity contribution in [3.63, 3.8) is 0 Å². The number of allylic oxidation sites excluding steroid dienone is 2. The highest BCUT2D eigenvalue weighted by atomic mass is 17.1. The van der Waals surface area contributed by atoms with Gasteiger partial charge in [-0.1, -0.05) is 38.8 Å². The second kappa shape index (κ2) is 8.03. The quantitative estimate of drug-likeness (QED) is 0.283. The lowest BCUT2D eigenvalue weighted by Gasteiger charge is -2.58. The number of rotatable bonds is 6. The summed E-state index contributed by atoms with van der Waals surface area (Å²) in [5, 5.41) is 9.02. The molecule has 4 aliphatic rings. The minimum atomic E-state index is -1.08. The number of Topliss-reactive ketones (excluding diaryl/α,β-unsaturated/α-hetero) is 1. The first-order valence-electron chi connectivity index (χ1n) is 12.7. The van der Waals surface area contributed by atoms with E-state index in [2.05, 4.69) is 31.7 Å². The third kappa shape index (κ3) is 3.52. The van der Waals surface area contributed by atoms with Crippen LogP contribution in [-0.4, -0.2) is 16.6 Å². The van der Waals surface area contributed by atoms with Crippen molar-refractivity contribution in [1.29, 1.82) is 0 Å². The van der Waals surface area contributed by atoms with Gasteiger partial charge >= 0.3 is 0 Å². The Hall–Kier alpha value is -0.670. The minimum Gasteiger partial charge on any atom is -0.296 e. The van der Waals surface area contributed by atoms with Crippen LogP contribution in [0, 0.1) is 40.4 Å². The Morgan fingerprint density at radius 2 is 1.97 bits per heavy atom. The average Bonchev–Trinajstić information content (AvgIpc) is 3.08. The minimum absolute atomic E-state index is 0.00966. The largest absolute Gasteiger partial charge is 0.296 e. The molecule has 0 amide bonds. The Balaban J connectivity index is 1.46. The van der Waals surface area contributed by atoms with Crippen LogP contribution in [0.1, 0.15) is 105 Å². The molecule has 0 aromatic heterocycles. The standard InChI is InChI=1S/C27H44O3/c1-18(9-14-24(28)25(2,3)30-29)21-12-13-22-20-11-10-19-8-6-7-16-26(19,4)23(20)15-17-27(21,22)5/h10,18,20-23,29H,6-9,11-17H2,1-5H3/t18-,20+,21-,22+,23+,26+,27-/m1/s1. The van der Waals surface area contributed by atoms with Crippen molar-refractivity contribution in [3.05, 3.63) is 11.6 Å². The zero-order valence-electron chi connectivity index (χ0n) is 20.0. The van der Waals surface area contributed by atoms with Crippen molar-refractivity contribution in [1.82, 2.24) is 0 Å². The average molecular weight is 417 g/mol. The number of fused-ring (bicyclic) bond motifs is 5. The van der Waals surface area contributed by atoms with Crippen molar-refractivity contribution in [2.45, 2.75) is 111 Å². The molecule has 4 aliphatic carbocycles. The van der Waals surface area contributed by atoms with E-state index < -0.39 is 5.60 Å². The van der Waals surface area contributed by atoms with E-state index in [1.807, 2.05) is 0 Å². The summed E-state index contributed by atoms with van der Waals surface area (Å²) < 4.78 is 0. The normalized spacial score (nSPS) is 42.0. The molecular weight excluding hydrogens is 372 g/mol. The molecule has 0 saturated heterocycles. The summed E-state index contributed by atoms with van der Waals surface area (Å²) in [6.45, 7) is 10.9. The topological polar surface area (TPSA) is 46.5 Å². The van der Waals surface area contributed by atoms with E-state index in [-0.39, 0.29) is 5.78 Å². The van der Waals surface area contributed by atoms with Gasteiger partial charge in [0.25, 0.3) is 0 Å². The third-order valence-electron chi connectivity index (χ3n) is 10.5. The molecule has 0 aromatic rings. The summed E-state index contributed by atoms with van der Waals surface area (Å²) in [6, 6.07) is 0. The molecular formula is C27H44O3. The SMILES string of the molecule is C[C@H](CCC(=O)C(C)(C)OO)[C@H]1CC[C@H]2[C@@H]3CC=C4CCCC[C@]4(C)[C@H]3CC[C@]12C. The molecule has 0 heterocycles. The van der Waals surface area contributed by atoms with Gasteiger partial charge in [0.05, 0.1) is 0 Å². The van der Waals surface area contributed by atoms with Gasteiger partial charge in [0.1, 0.15) is 0 Å². The van der Waals surface area contributed by atoms with Crippen LogP contribution < -0.4 is 0 Å². The van der Waals surface area contributed by atoms with Crippen LogP contribution in [0.3, 0.4) is 0 Å². The zero-order valence-corrected chi connectivity index (χ0v) is 20.0. The summed E-state index contributed by atoms with van der Waals surface area (Å²) in [7, 11) is 0. The monoisotopic (exact) mass is 416 g/mol. The Morgan fingerprint density at radius 3 is 2.70 bits per heavy atom. The van der Waals surface area contributed by atoms with Gasteiger partial charge in [0.2, 0.25) is 0 Å². The molecule has 3 nitrogen and oxygen atoms in total. The van der Waals surface area contributed by atoms with E-state index in [4.69, 9.17) is 5.26 Å². The van der Waals surface area contributed by atoms with Crippen molar-refractivity contribution in [2.75, 3.05) is 0 Å². The van der Waals surface area contributed by atoms with Crippen LogP contribution in [0.2, 0.25) is 0 Å². The summed E-state index contributed by atoms with van der Waals surface area (Å²) in [5.41, 5.74) is 1.63. The highest BCUT2D eigenvalue weighted by molar-refractivity contribution is 5.86.